The Kier molecular flexibility index (Phi) is 7.06. The van der Waals surface area contributed by atoms with Crippen LogP contribution in [0.2, 0.25) is 0 Å². The van der Waals surface area contributed by atoms with E-state index in [2.05, 4.69) is 42.6 Å². The summed E-state index contributed by atoms with van der Waals surface area (Å²) in [7, 11) is 0. The van der Waals surface area contributed by atoms with Crippen molar-refractivity contribution >= 4 is 11.9 Å². The summed E-state index contributed by atoms with van der Waals surface area (Å²) in [5.74, 6) is -0.465. The summed E-state index contributed by atoms with van der Waals surface area (Å²) in [5.41, 5.74) is 4.09. The molecular weight excluding hydrogens is 480 g/mol. The molecule has 5 rings (SSSR count). The number of hydrogen-bond acceptors (Lipinski definition) is 5. The van der Waals surface area contributed by atoms with E-state index in [1.165, 1.54) is 11.1 Å². The summed E-state index contributed by atoms with van der Waals surface area (Å²) in [6.07, 6.45) is 6.91. The molecule has 0 aromatic heterocycles. The number of nitrogens with one attached hydrogen (secondary N) is 1. The number of carboxylic acids is 1. The molecule has 1 heterocycles. The van der Waals surface area contributed by atoms with Gasteiger partial charge in [0.15, 0.2) is 0 Å². The number of allylic oxidation sites excluding steroid dienone is 4. The van der Waals surface area contributed by atoms with Gasteiger partial charge in [0.25, 0.3) is 5.91 Å². The number of carbonyl (C=O) groups is 2. The zero-order chi connectivity index (χ0) is 26.7. The van der Waals surface area contributed by atoms with E-state index >= 15 is 0 Å². The summed E-state index contributed by atoms with van der Waals surface area (Å²) >= 11 is 0. The zero-order valence-corrected chi connectivity index (χ0v) is 21.3. The number of benzene rings is 2. The zero-order valence-electron chi connectivity index (χ0n) is 21.3. The predicted octanol–water partition coefficient (Wildman–Crippen LogP) is 5.34. The highest BCUT2D eigenvalue weighted by Gasteiger charge is 2.44. The van der Waals surface area contributed by atoms with Crippen molar-refractivity contribution in [3.63, 3.8) is 0 Å². The Morgan fingerprint density at radius 3 is 2.55 bits per heavy atom. The first-order chi connectivity index (χ1) is 18.4. The fraction of sp³-hybridized carbons (Fsp3) is 0.323. The molecule has 1 aliphatic heterocycles. The number of hydrogen-bond donors (Lipinski definition) is 2. The number of aryl methyl sites for hydroxylation is 1. The van der Waals surface area contributed by atoms with E-state index in [0.29, 0.717) is 59.8 Å². The molecule has 2 N–H and O–H groups in total. The molecule has 1 amide bonds. The summed E-state index contributed by atoms with van der Waals surface area (Å²) in [6, 6.07) is 17.5. The summed E-state index contributed by atoms with van der Waals surface area (Å²) in [6.45, 7) is 2.94. The molecule has 2 fully saturated rings. The van der Waals surface area contributed by atoms with Crippen molar-refractivity contribution in [3.05, 3.63) is 100 Å². The van der Waals surface area contributed by atoms with Crippen LogP contribution in [-0.4, -0.2) is 30.1 Å². The van der Waals surface area contributed by atoms with Gasteiger partial charge in [0, 0.05) is 29.2 Å². The van der Waals surface area contributed by atoms with E-state index in [1.807, 2.05) is 6.08 Å². The van der Waals surface area contributed by atoms with Gasteiger partial charge in [0.1, 0.15) is 17.3 Å². The standard InChI is InChI=1S/C31H30N2O5/c1-20-5-9-23(10-6-20)31(14-15-31)19-33-29(34)21-7-11-24(12-8-21)38-27-17-28-25(4-2-3-22(27)18-32)26(30(35)36)13-16-37-28/h4-12,17,26H,2-3,13-16,19H2,1H3,(H,33,34)(H,35,36). The molecule has 1 unspecified atom stereocenters. The Labute approximate surface area is 222 Å². The second-order valence-electron chi connectivity index (χ2n) is 10.1. The molecule has 0 radical (unpaired) electrons. The minimum atomic E-state index is -0.890. The molecule has 38 heavy (non-hydrogen) atoms. The third kappa shape index (κ3) is 5.35. The normalized spacial score (nSPS) is 19.8. The number of aliphatic carboxylic acids is 1. The fourth-order valence-corrected chi connectivity index (χ4v) is 5.00. The molecule has 0 bridgehead atoms. The molecule has 7 heteroatoms. The third-order valence-electron chi connectivity index (χ3n) is 7.52. The third-order valence-corrected chi connectivity index (χ3v) is 7.52. The van der Waals surface area contributed by atoms with Crippen molar-refractivity contribution in [3.8, 4) is 11.8 Å². The van der Waals surface area contributed by atoms with Crippen molar-refractivity contribution < 1.29 is 24.2 Å². The molecule has 1 saturated carbocycles. The summed E-state index contributed by atoms with van der Waals surface area (Å²) in [5, 5.41) is 22.4. The van der Waals surface area contributed by atoms with Gasteiger partial charge in [-0.2, -0.15) is 5.26 Å². The predicted molar refractivity (Wildman–Crippen MR) is 141 cm³/mol. The number of rotatable bonds is 7. The lowest BCUT2D eigenvalue weighted by Gasteiger charge is -2.27. The largest absolute Gasteiger partial charge is 0.493 e. The lowest BCUT2D eigenvalue weighted by Crippen LogP contribution is -2.32. The average Bonchev–Trinajstić information content (AvgIpc) is 3.70. The maximum Gasteiger partial charge on any atom is 0.311 e. The minimum absolute atomic E-state index is 0.0203. The average molecular weight is 511 g/mol. The lowest BCUT2D eigenvalue weighted by molar-refractivity contribution is -0.141. The van der Waals surface area contributed by atoms with Crippen LogP contribution in [0.15, 0.2) is 83.3 Å². The Balaban J connectivity index is 1.27. The molecule has 1 atom stereocenters. The van der Waals surface area contributed by atoms with Crippen LogP contribution in [0.1, 0.15) is 53.6 Å². The molecule has 3 aliphatic rings. The molecular formula is C31H30N2O5. The van der Waals surface area contributed by atoms with Crippen molar-refractivity contribution in [1.82, 2.24) is 5.32 Å². The van der Waals surface area contributed by atoms with Crippen LogP contribution in [0.4, 0.5) is 0 Å². The van der Waals surface area contributed by atoms with E-state index in [-0.39, 0.29) is 17.9 Å². The number of amides is 1. The summed E-state index contributed by atoms with van der Waals surface area (Å²) in [4.78, 5) is 24.6. The maximum absolute atomic E-state index is 12.8. The SMILES string of the molecule is Cc1ccc(C2(CNC(=O)c3ccc(OC4=C(C#N)CCC=C5C(=C4)OCCC5C(=O)O)cc3)CC2)cc1. The molecule has 7 nitrogen and oxygen atoms in total. The van der Waals surface area contributed by atoms with Crippen LogP contribution in [0.25, 0.3) is 0 Å². The van der Waals surface area contributed by atoms with Gasteiger partial charge in [-0.25, -0.2) is 0 Å². The molecule has 2 aromatic carbocycles. The Hall–Kier alpha value is -4.31. The highest BCUT2D eigenvalue weighted by atomic mass is 16.5. The smallest absolute Gasteiger partial charge is 0.311 e. The number of ether oxygens (including phenoxy) is 2. The Morgan fingerprint density at radius 2 is 1.89 bits per heavy atom. The van der Waals surface area contributed by atoms with E-state index in [0.717, 1.165) is 12.8 Å². The Bertz CT molecular complexity index is 1370. The van der Waals surface area contributed by atoms with Crippen LogP contribution in [0.5, 0.6) is 5.75 Å². The van der Waals surface area contributed by atoms with Crippen LogP contribution >= 0.6 is 0 Å². The van der Waals surface area contributed by atoms with Gasteiger partial charge in [-0.05, 0) is 68.9 Å². The topological polar surface area (TPSA) is 109 Å². The summed E-state index contributed by atoms with van der Waals surface area (Å²) < 4.78 is 11.8. The van der Waals surface area contributed by atoms with Gasteiger partial charge in [-0.15, -0.1) is 0 Å². The lowest BCUT2D eigenvalue weighted by atomic mass is 9.89. The van der Waals surface area contributed by atoms with Gasteiger partial charge < -0.3 is 19.9 Å². The van der Waals surface area contributed by atoms with Crippen LogP contribution in [-0.2, 0) is 14.9 Å². The highest BCUT2D eigenvalue weighted by molar-refractivity contribution is 5.94. The quantitative estimate of drug-likeness (QED) is 0.521. The maximum atomic E-state index is 12.8. The second kappa shape index (κ2) is 10.6. The second-order valence-corrected chi connectivity index (χ2v) is 10.1. The minimum Gasteiger partial charge on any atom is -0.493 e. The fourth-order valence-electron chi connectivity index (χ4n) is 5.00. The van der Waals surface area contributed by atoms with Gasteiger partial charge in [-0.3, -0.25) is 9.59 Å². The number of carboxylic acid groups (broad SMARTS) is 1. The van der Waals surface area contributed by atoms with E-state index in [9.17, 15) is 20.0 Å². The first-order valence-corrected chi connectivity index (χ1v) is 12.9. The number of nitriles is 1. The van der Waals surface area contributed by atoms with Crippen LogP contribution in [0.3, 0.4) is 0 Å². The first kappa shape index (κ1) is 25.3. The first-order valence-electron chi connectivity index (χ1n) is 12.9. The monoisotopic (exact) mass is 510 g/mol. The van der Waals surface area contributed by atoms with Gasteiger partial charge in [0.05, 0.1) is 24.2 Å². The van der Waals surface area contributed by atoms with Crippen molar-refractivity contribution in [2.75, 3.05) is 13.2 Å². The van der Waals surface area contributed by atoms with Crippen molar-refractivity contribution in [1.29, 1.82) is 5.26 Å². The van der Waals surface area contributed by atoms with E-state index < -0.39 is 11.9 Å². The molecule has 194 valence electrons. The van der Waals surface area contributed by atoms with Gasteiger partial charge in [0.2, 0.25) is 0 Å². The van der Waals surface area contributed by atoms with Crippen LogP contribution in [0, 0.1) is 24.2 Å². The van der Waals surface area contributed by atoms with Gasteiger partial charge in [-0.1, -0.05) is 35.9 Å². The molecule has 0 spiro atoms. The van der Waals surface area contributed by atoms with Crippen molar-refractivity contribution in [2.24, 2.45) is 5.92 Å². The van der Waals surface area contributed by atoms with E-state index in [4.69, 9.17) is 9.47 Å². The number of nitrogens with zero attached hydrogens (tertiary/aromatic N) is 1. The van der Waals surface area contributed by atoms with Crippen LogP contribution < -0.4 is 10.1 Å². The van der Waals surface area contributed by atoms with Crippen molar-refractivity contribution in [2.45, 2.75) is 44.4 Å². The van der Waals surface area contributed by atoms with Gasteiger partial charge >= 0.3 is 5.97 Å². The molecule has 2 aliphatic carbocycles. The molecule has 2 aromatic rings. The highest BCUT2D eigenvalue weighted by Crippen LogP contribution is 2.47. The van der Waals surface area contributed by atoms with E-state index in [1.54, 1.807) is 30.3 Å². The molecule has 1 saturated heterocycles. The Morgan fingerprint density at radius 1 is 1.16 bits per heavy atom. The number of fused-ring (bicyclic) bond motifs is 1. The number of carbonyl (C=O) groups excluding carboxylic acids is 1.